The molecule has 0 heterocycles. The molecule has 2 aromatic rings. The van der Waals surface area contributed by atoms with Gasteiger partial charge in [0, 0.05) is 21.7 Å². The molecule has 112 valence electrons. The largest absolute Gasteiger partial charge is 0.310 e. The van der Waals surface area contributed by atoms with Crippen molar-refractivity contribution in [3.63, 3.8) is 0 Å². The van der Waals surface area contributed by atoms with Gasteiger partial charge in [0.2, 0.25) is 0 Å². The van der Waals surface area contributed by atoms with Crippen molar-refractivity contribution in [1.29, 1.82) is 0 Å². The Hall–Kier alpha value is -1.16. The van der Waals surface area contributed by atoms with Gasteiger partial charge in [0.25, 0.3) is 0 Å². The van der Waals surface area contributed by atoms with Crippen LogP contribution in [0.25, 0.3) is 0 Å². The summed E-state index contributed by atoms with van der Waals surface area (Å²) < 4.78 is 27.2. The molecule has 1 N–H and O–H groups in total. The minimum Gasteiger partial charge on any atom is -0.310 e. The first-order valence-corrected chi connectivity index (χ1v) is 7.39. The van der Waals surface area contributed by atoms with Crippen LogP contribution in [0.3, 0.4) is 0 Å². The molecule has 0 saturated carbocycles. The SMILES string of the molecule is CCNC(Cc1ccc(F)cc1Cl)c1ccc(Cl)cc1F. The second kappa shape index (κ2) is 7.21. The zero-order valence-corrected chi connectivity index (χ0v) is 13.0. The van der Waals surface area contributed by atoms with Crippen LogP contribution in [0.5, 0.6) is 0 Å². The standard InChI is InChI=1S/C16H15Cl2F2N/c1-2-21-16(13-6-4-11(17)8-15(13)20)7-10-3-5-12(19)9-14(10)18/h3-6,8-9,16,21H,2,7H2,1H3. The summed E-state index contributed by atoms with van der Waals surface area (Å²) in [5.74, 6) is -0.756. The van der Waals surface area contributed by atoms with Crippen molar-refractivity contribution < 1.29 is 8.78 Å². The number of hydrogen-bond acceptors (Lipinski definition) is 1. The van der Waals surface area contributed by atoms with Gasteiger partial charge in [-0.05, 0) is 42.8 Å². The summed E-state index contributed by atoms with van der Waals surface area (Å²) in [6, 6.07) is 8.57. The Morgan fingerprint density at radius 3 is 2.48 bits per heavy atom. The van der Waals surface area contributed by atoms with Crippen molar-refractivity contribution in [2.45, 2.75) is 19.4 Å². The van der Waals surface area contributed by atoms with Gasteiger partial charge in [0.05, 0.1) is 0 Å². The lowest BCUT2D eigenvalue weighted by Gasteiger charge is -2.20. The number of nitrogens with one attached hydrogen (secondary N) is 1. The monoisotopic (exact) mass is 329 g/mol. The van der Waals surface area contributed by atoms with Crippen LogP contribution in [0.1, 0.15) is 24.1 Å². The highest BCUT2D eigenvalue weighted by molar-refractivity contribution is 6.31. The Bertz CT molecular complexity index is 632. The molecule has 2 rings (SSSR count). The summed E-state index contributed by atoms with van der Waals surface area (Å²) in [6.45, 7) is 2.61. The minimum atomic E-state index is -0.388. The lowest BCUT2D eigenvalue weighted by Crippen LogP contribution is -2.24. The van der Waals surface area contributed by atoms with Crippen molar-refractivity contribution in [3.8, 4) is 0 Å². The van der Waals surface area contributed by atoms with Crippen LogP contribution in [0.4, 0.5) is 8.78 Å². The third kappa shape index (κ3) is 4.16. The lowest BCUT2D eigenvalue weighted by atomic mass is 9.98. The molecule has 1 nitrogen and oxygen atoms in total. The normalized spacial score (nSPS) is 12.4. The molecule has 0 spiro atoms. The first-order chi connectivity index (χ1) is 10.0. The minimum absolute atomic E-state index is 0.254. The fourth-order valence-electron chi connectivity index (χ4n) is 2.23. The van der Waals surface area contributed by atoms with Crippen LogP contribution < -0.4 is 5.32 Å². The third-order valence-electron chi connectivity index (χ3n) is 3.23. The van der Waals surface area contributed by atoms with E-state index in [-0.39, 0.29) is 17.7 Å². The van der Waals surface area contributed by atoms with Gasteiger partial charge < -0.3 is 5.32 Å². The Morgan fingerprint density at radius 1 is 1.10 bits per heavy atom. The molecule has 0 fully saturated rings. The second-order valence-electron chi connectivity index (χ2n) is 4.72. The van der Waals surface area contributed by atoms with Crippen LogP contribution >= 0.6 is 23.2 Å². The van der Waals surface area contributed by atoms with Crippen LogP contribution in [0.15, 0.2) is 36.4 Å². The quantitative estimate of drug-likeness (QED) is 0.798. The van der Waals surface area contributed by atoms with Crippen LogP contribution in [0.2, 0.25) is 10.0 Å². The molecule has 0 aromatic heterocycles. The Kier molecular flexibility index (Phi) is 5.57. The van der Waals surface area contributed by atoms with Crippen molar-refractivity contribution in [3.05, 3.63) is 69.2 Å². The summed E-state index contributed by atoms with van der Waals surface area (Å²) in [6.07, 6.45) is 0.464. The molecule has 0 bridgehead atoms. The molecule has 1 atom stereocenters. The van der Waals surface area contributed by atoms with Gasteiger partial charge in [-0.25, -0.2) is 8.78 Å². The highest BCUT2D eigenvalue weighted by Crippen LogP contribution is 2.27. The van der Waals surface area contributed by atoms with E-state index in [1.807, 2.05) is 6.92 Å². The van der Waals surface area contributed by atoms with E-state index >= 15 is 0 Å². The number of hydrogen-bond donors (Lipinski definition) is 1. The molecule has 2 aromatic carbocycles. The summed E-state index contributed by atoms with van der Waals surface area (Å²) in [5.41, 5.74) is 1.28. The first-order valence-electron chi connectivity index (χ1n) is 6.63. The second-order valence-corrected chi connectivity index (χ2v) is 5.56. The smallest absolute Gasteiger partial charge is 0.129 e. The maximum absolute atomic E-state index is 14.1. The average Bonchev–Trinajstić information content (AvgIpc) is 2.41. The van der Waals surface area contributed by atoms with Crippen molar-refractivity contribution >= 4 is 23.2 Å². The predicted molar refractivity (Wildman–Crippen MR) is 82.9 cm³/mol. The molecular weight excluding hydrogens is 315 g/mol. The molecule has 0 aliphatic carbocycles. The summed E-state index contributed by atoms with van der Waals surface area (Å²) in [7, 11) is 0. The van der Waals surface area contributed by atoms with E-state index < -0.39 is 0 Å². The van der Waals surface area contributed by atoms with E-state index in [1.54, 1.807) is 18.2 Å². The molecule has 0 aliphatic heterocycles. The number of likely N-dealkylation sites (N-methyl/N-ethyl adjacent to an activating group) is 1. The van der Waals surface area contributed by atoms with Gasteiger partial charge in [-0.1, -0.05) is 42.3 Å². The molecule has 0 radical (unpaired) electrons. The molecule has 0 aliphatic rings. The average molecular weight is 330 g/mol. The van der Waals surface area contributed by atoms with Crippen LogP contribution in [-0.2, 0) is 6.42 Å². The molecular formula is C16H15Cl2F2N. The highest BCUT2D eigenvalue weighted by Gasteiger charge is 2.17. The molecule has 0 saturated heterocycles. The van der Waals surface area contributed by atoms with Gasteiger partial charge in [-0.2, -0.15) is 0 Å². The van der Waals surface area contributed by atoms with E-state index in [9.17, 15) is 8.78 Å². The van der Waals surface area contributed by atoms with Crippen LogP contribution in [-0.4, -0.2) is 6.54 Å². The first kappa shape index (κ1) is 16.2. The van der Waals surface area contributed by atoms with Crippen molar-refractivity contribution in [2.75, 3.05) is 6.54 Å². The van der Waals surface area contributed by atoms with Gasteiger partial charge in [-0.15, -0.1) is 0 Å². The Morgan fingerprint density at radius 2 is 1.86 bits per heavy atom. The van der Waals surface area contributed by atoms with Gasteiger partial charge >= 0.3 is 0 Å². The van der Waals surface area contributed by atoms with Gasteiger partial charge in [-0.3, -0.25) is 0 Å². The fourth-order valence-corrected chi connectivity index (χ4v) is 2.63. The Labute approximate surface area is 132 Å². The zero-order chi connectivity index (χ0) is 15.4. The van der Waals surface area contributed by atoms with Gasteiger partial charge in [0.1, 0.15) is 11.6 Å². The fraction of sp³-hybridized carbons (Fsp3) is 0.250. The number of benzene rings is 2. The molecule has 0 amide bonds. The van der Waals surface area contributed by atoms with E-state index in [4.69, 9.17) is 23.2 Å². The van der Waals surface area contributed by atoms with Crippen molar-refractivity contribution in [2.24, 2.45) is 0 Å². The van der Waals surface area contributed by atoms with Gasteiger partial charge in [0.15, 0.2) is 0 Å². The maximum atomic E-state index is 14.1. The topological polar surface area (TPSA) is 12.0 Å². The summed E-state index contributed by atoms with van der Waals surface area (Å²) >= 11 is 11.8. The third-order valence-corrected chi connectivity index (χ3v) is 3.81. The predicted octanol–water partition coefficient (Wildman–Crippen LogP) is 5.16. The van der Waals surface area contributed by atoms with E-state index in [1.165, 1.54) is 18.2 Å². The molecule has 5 heteroatoms. The number of halogens is 4. The highest BCUT2D eigenvalue weighted by atomic mass is 35.5. The maximum Gasteiger partial charge on any atom is 0.129 e. The molecule has 1 unspecified atom stereocenters. The Balaban J connectivity index is 2.30. The number of rotatable bonds is 5. The van der Waals surface area contributed by atoms with E-state index in [0.717, 1.165) is 5.56 Å². The molecule has 21 heavy (non-hydrogen) atoms. The lowest BCUT2D eigenvalue weighted by molar-refractivity contribution is 0.509. The zero-order valence-electron chi connectivity index (χ0n) is 11.5. The van der Waals surface area contributed by atoms with E-state index in [2.05, 4.69) is 5.32 Å². The van der Waals surface area contributed by atoms with E-state index in [0.29, 0.717) is 28.6 Å². The van der Waals surface area contributed by atoms with Crippen molar-refractivity contribution in [1.82, 2.24) is 5.32 Å². The summed E-state index contributed by atoms with van der Waals surface area (Å²) in [5, 5.41) is 3.91. The van der Waals surface area contributed by atoms with Crippen LogP contribution in [0, 0.1) is 11.6 Å². The summed E-state index contributed by atoms with van der Waals surface area (Å²) in [4.78, 5) is 0.